The summed E-state index contributed by atoms with van der Waals surface area (Å²) in [5, 5.41) is 1.47. The maximum Gasteiger partial charge on any atom is 0.0468 e. The summed E-state index contributed by atoms with van der Waals surface area (Å²) in [6, 6.07) is 3.71. The molecule has 1 aromatic rings. The Labute approximate surface area is 113 Å². The van der Waals surface area contributed by atoms with E-state index in [1.54, 1.807) is 0 Å². The lowest BCUT2D eigenvalue weighted by molar-refractivity contribution is 0.593. The van der Waals surface area contributed by atoms with Crippen LogP contribution in [0.25, 0.3) is 0 Å². The van der Waals surface area contributed by atoms with Gasteiger partial charge in [0.2, 0.25) is 0 Å². The molecule has 0 unspecified atom stereocenters. The van der Waals surface area contributed by atoms with Crippen LogP contribution in [0.1, 0.15) is 55.6 Å². The minimum atomic E-state index is 0.504. The summed E-state index contributed by atoms with van der Waals surface area (Å²) in [5.74, 6) is 3.09. The molecule has 0 bridgehead atoms. The molecule has 1 aliphatic carbocycles. The molecule has 2 heteroatoms. The lowest BCUT2D eigenvalue weighted by Gasteiger charge is -2.18. The minimum Gasteiger partial charge on any atom is -0.115 e. The van der Waals surface area contributed by atoms with Gasteiger partial charge in [-0.1, -0.05) is 54.8 Å². The first kappa shape index (κ1) is 12.8. The van der Waals surface area contributed by atoms with E-state index in [1.165, 1.54) is 38.5 Å². The number of halogens is 2. The lowest BCUT2D eigenvalue weighted by Crippen LogP contribution is -2.00. The lowest BCUT2D eigenvalue weighted by atomic mass is 9.91. The van der Waals surface area contributed by atoms with Crippen molar-refractivity contribution in [3.05, 3.63) is 33.3 Å². The average Bonchev–Trinajstić information content (AvgIpc) is 2.57. The predicted molar refractivity (Wildman–Crippen MR) is 74.8 cm³/mol. The standard InChI is InChI=1S/C15H16Cl2/c1-2-11-9-13(16)15(14(17)10-11)12-7-5-3-4-6-8-12/h1,9-10,12H,3-8H2. The quantitative estimate of drug-likeness (QED) is 0.471. The van der Waals surface area contributed by atoms with Crippen molar-refractivity contribution < 1.29 is 0 Å². The van der Waals surface area contributed by atoms with Crippen molar-refractivity contribution in [2.24, 2.45) is 0 Å². The fraction of sp³-hybridized carbons (Fsp3) is 0.467. The van der Waals surface area contributed by atoms with E-state index in [4.69, 9.17) is 29.6 Å². The third kappa shape index (κ3) is 2.97. The molecule has 0 aliphatic heterocycles. The van der Waals surface area contributed by atoms with Crippen LogP contribution in [0.2, 0.25) is 10.0 Å². The third-order valence-corrected chi connectivity index (χ3v) is 4.13. The topological polar surface area (TPSA) is 0 Å². The van der Waals surface area contributed by atoms with Gasteiger partial charge in [0.25, 0.3) is 0 Å². The highest BCUT2D eigenvalue weighted by atomic mass is 35.5. The van der Waals surface area contributed by atoms with Gasteiger partial charge in [0.15, 0.2) is 0 Å². The Kier molecular flexibility index (Phi) is 4.37. The van der Waals surface area contributed by atoms with Crippen molar-refractivity contribution >= 4 is 23.2 Å². The maximum absolute atomic E-state index is 6.32. The Morgan fingerprint density at radius 3 is 2.00 bits per heavy atom. The summed E-state index contributed by atoms with van der Waals surface area (Å²) in [7, 11) is 0. The van der Waals surface area contributed by atoms with Gasteiger partial charge in [-0.3, -0.25) is 0 Å². The van der Waals surface area contributed by atoms with Crippen LogP contribution < -0.4 is 0 Å². The van der Waals surface area contributed by atoms with Gasteiger partial charge in [-0.05, 0) is 36.5 Å². The molecule has 90 valence electrons. The molecule has 0 amide bonds. The van der Waals surface area contributed by atoms with Crippen molar-refractivity contribution in [2.45, 2.75) is 44.4 Å². The molecule has 0 N–H and O–H groups in total. The molecule has 17 heavy (non-hydrogen) atoms. The van der Waals surface area contributed by atoms with E-state index >= 15 is 0 Å². The number of rotatable bonds is 1. The summed E-state index contributed by atoms with van der Waals surface area (Å²) in [6.45, 7) is 0. The molecule has 2 rings (SSSR count). The molecular weight excluding hydrogens is 251 g/mol. The van der Waals surface area contributed by atoms with Crippen LogP contribution in [-0.2, 0) is 0 Å². The Morgan fingerprint density at radius 1 is 1.00 bits per heavy atom. The van der Waals surface area contributed by atoms with E-state index in [2.05, 4.69) is 5.92 Å². The van der Waals surface area contributed by atoms with Crippen LogP contribution >= 0.6 is 23.2 Å². The molecule has 1 fully saturated rings. The first-order valence-electron chi connectivity index (χ1n) is 6.18. The van der Waals surface area contributed by atoms with Crippen molar-refractivity contribution in [3.8, 4) is 12.3 Å². The zero-order valence-electron chi connectivity index (χ0n) is 9.81. The van der Waals surface area contributed by atoms with Gasteiger partial charge in [0, 0.05) is 15.6 Å². The third-order valence-electron chi connectivity index (χ3n) is 3.51. The highest BCUT2D eigenvalue weighted by Crippen LogP contribution is 2.39. The zero-order chi connectivity index (χ0) is 12.3. The van der Waals surface area contributed by atoms with Crippen molar-refractivity contribution in [1.29, 1.82) is 0 Å². The van der Waals surface area contributed by atoms with Gasteiger partial charge < -0.3 is 0 Å². The van der Waals surface area contributed by atoms with E-state index in [1.807, 2.05) is 12.1 Å². The van der Waals surface area contributed by atoms with Crippen LogP contribution in [0.15, 0.2) is 12.1 Å². The summed E-state index contributed by atoms with van der Waals surface area (Å²) in [6.07, 6.45) is 13.0. The van der Waals surface area contributed by atoms with Crippen LogP contribution in [0.3, 0.4) is 0 Å². The maximum atomic E-state index is 6.32. The van der Waals surface area contributed by atoms with Crippen LogP contribution in [0.4, 0.5) is 0 Å². The monoisotopic (exact) mass is 266 g/mol. The Hall–Kier alpha value is -0.640. The fourth-order valence-corrected chi connectivity index (χ4v) is 3.42. The van der Waals surface area contributed by atoms with E-state index in [0.29, 0.717) is 5.92 Å². The van der Waals surface area contributed by atoms with E-state index in [9.17, 15) is 0 Å². The smallest absolute Gasteiger partial charge is 0.0468 e. The molecule has 1 aliphatic rings. The first-order chi connectivity index (χ1) is 8.22. The molecule has 1 saturated carbocycles. The van der Waals surface area contributed by atoms with Crippen LogP contribution in [-0.4, -0.2) is 0 Å². The Bertz CT molecular complexity index is 412. The highest BCUT2D eigenvalue weighted by Gasteiger charge is 2.20. The molecule has 1 aromatic carbocycles. The summed E-state index contributed by atoms with van der Waals surface area (Å²) in [5.41, 5.74) is 1.87. The van der Waals surface area contributed by atoms with Gasteiger partial charge >= 0.3 is 0 Å². The summed E-state index contributed by atoms with van der Waals surface area (Å²) in [4.78, 5) is 0. The second-order valence-corrected chi connectivity index (χ2v) is 5.50. The van der Waals surface area contributed by atoms with Gasteiger partial charge in [-0.15, -0.1) is 6.42 Å². The van der Waals surface area contributed by atoms with E-state index in [0.717, 1.165) is 21.2 Å². The normalized spacial score (nSPS) is 17.5. The highest BCUT2D eigenvalue weighted by molar-refractivity contribution is 6.36. The van der Waals surface area contributed by atoms with Crippen LogP contribution in [0, 0.1) is 12.3 Å². The Morgan fingerprint density at radius 2 is 1.53 bits per heavy atom. The molecule has 0 nitrogen and oxygen atoms in total. The number of benzene rings is 1. The average molecular weight is 267 g/mol. The fourth-order valence-electron chi connectivity index (χ4n) is 2.63. The molecule has 0 heterocycles. The second kappa shape index (κ2) is 5.80. The first-order valence-corrected chi connectivity index (χ1v) is 6.93. The van der Waals surface area contributed by atoms with Gasteiger partial charge in [-0.25, -0.2) is 0 Å². The largest absolute Gasteiger partial charge is 0.115 e. The van der Waals surface area contributed by atoms with Crippen molar-refractivity contribution in [3.63, 3.8) is 0 Å². The number of hydrogen-bond acceptors (Lipinski definition) is 0. The van der Waals surface area contributed by atoms with Crippen LogP contribution in [0.5, 0.6) is 0 Å². The molecule has 0 saturated heterocycles. The molecule has 0 aromatic heterocycles. The minimum absolute atomic E-state index is 0.504. The Balaban J connectivity index is 2.34. The molecular formula is C15H16Cl2. The summed E-state index contributed by atoms with van der Waals surface area (Å²) < 4.78 is 0. The van der Waals surface area contributed by atoms with Gasteiger partial charge in [0.1, 0.15) is 0 Å². The predicted octanol–water partition coefficient (Wildman–Crippen LogP) is 5.41. The van der Waals surface area contributed by atoms with Crippen molar-refractivity contribution in [1.82, 2.24) is 0 Å². The molecule has 0 atom stereocenters. The molecule has 0 spiro atoms. The van der Waals surface area contributed by atoms with E-state index < -0.39 is 0 Å². The number of hydrogen-bond donors (Lipinski definition) is 0. The SMILES string of the molecule is C#Cc1cc(Cl)c(C2CCCCCC2)c(Cl)c1. The van der Waals surface area contributed by atoms with Gasteiger partial charge in [0.05, 0.1) is 0 Å². The molecule has 0 radical (unpaired) electrons. The number of terminal acetylenes is 1. The zero-order valence-corrected chi connectivity index (χ0v) is 11.3. The second-order valence-electron chi connectivity index (χ2n) is 4.69. The summed E-state index contributed by atoms with van der Waals surface area (Å²) >= 11 is 12.6. The van der Waals surface area contributed by atoms with E-state index in [-0.39, 0.29) is 0 Å². The van der Waals surface area contributed by atoms with Crippen molar-refractivity contribution in [2.75, 3.05) is 0 Å². The van der Waals surface area contributed by atoms with Gasteiger partial charge in [-0.2, -0.15) is 0 Å².